The van der Waals surface area contributed by atoms with Crippen LogP contribution in [-0.4, -0.2) is 33.9 Å². The second-order valence-electron chi connectivity index (χ2n) is 6.68. The van der Waals surface area contributed by atoms with Crippen molar-refractivity contribution >= 4 is 39.5 Å². The van der Waals surface area contributed by atoms with Gasteiger partial charge in [-0.1, -0.05) is 0 Å². The van der Waals surface area contributed by atoms with Crippen molar-refractivity contribution in [2.75, 3.05) is 23.3 Å². The number of rotatable bonds is 4. The number of carbonyl (C=O) groups is 1. The number of aryl methyl sites for hydroxylation is 2. The molecule has 1 aliphatic heterocycles. The van der Waals surface area contributed by atoms with Gasteiger partial charge in [0.15, 0.2) is 5.13 Å². The molecule has 152 valence electrons. The quantitative estimate of drug-likeness (QED) is 0.654. The van der Waals surface area contributed by atoms with Crippen LogP contribution in [0.5, 0.6) is 0 Å². The number of pyridine rings is 1. The van der Waals surface area contributed by atoms with Crippen molar-refractivity contribution in [2.45, 2.75) is 20.0 Å². The summed E-state index contributed by atoms with van der Waals surface area (Å²) < 4.78 is 37.8. The van der Waals surface area contributed by atoms with Gasteiger partial charge in [-0.25, -0.2) is 15.0 Å². The van der Waals surface area contributed by atoms with Crippen LogP contribution >= 0.6 is 22.7 Å². The molecule has 1 N–H and O–H groups in total. The molecular weight excluding hydrogens is 423 g/mol. The fraction of sp³-hybridized carbons (Fsp3) is 0.333. The van der Waals surface area contributed by atoms with E-state index in [0.29, 0.717) is 24.0 Å². The van der Waals surface area contributed by atoms with Crippen molar-refractivity contribution in [2.24, 2.45) is 5.92 Å². The SMILES string of the molecule is Cc1nc(C)c(-c2csc(NC(=O)C3CN(c4ccc(C(F)(F)F)cn4)C3)n2)s1. The molecule has 0 saturated carbocycles. The highest BCUT2D eigenvalue weighted by Crippen LogP contribution is 2.33. The third-order valence-electron chi connectivity index (χ3n) is 4.52. The number of thiazole rings is 2. The Hall–Kier alpha value is -2.53. The van der Waals surface area contributed by atoms with Crippen LogP contribution in [-0.2, 0) is 11.0 Å². The van der Waals surface area contributed by atoms with E-state index in [-0.39, 0.29) is 11.8 Å². The minimum atomic E-state index is -4.41. The lowest BCUT2D eigenvalue weighted by molar-refractivity contribution is -0.137. The molecule has 0 bridgehead atoms. The molecule has 29 heavy (non-hydrogen) atoms. The van der Waals surface area contributed by atoms with Gasteiger partial charge in [-0.15, -0.1) is 22.7 Å². The van der Waals surface area contributed by atoms with E-state index in [0.717, 1.165) is 33.5 Å². The van der Waals surface area contributed by atoms with Gasteiger partial charge in [0.1, 0.15) is 5.82 Å². The Morgan fingerprint density at radius 2 is 2.00 bits per heavy atom. The largest absolute Gasteiger partial charge is 0.417 e. The number of aromatic nitrogens is 3. The molecule has 0 unspecified atom stereocenters. The van der Waals surface area contributed by atoms with Crippen LogP contribution in [0.25, 0.3) is 10.6 Å². The molecule has 1 fully saturated rings. The van der Waals surface area contributed by atoms with E-state index in [1.807, 2.05) is 19.2 Å². The van der Waals surface area contributed by atoms with E-state index in [4.69, 9.17) is 0 Å². The summed E-state index contributed by atoms with van der Waals surface area (Å²) in [4.78, 5) is 27.9. The number of amides is 1. The first kappa shape index (κ1) is 19.8. The second-order valence-corrected chi connectivity index (χ2v) is 8.74. The van der Waals surface area contributed by atoms with Crippen molar-refractivity contribution in [3.05, 3.63) is 40.0 Å². The second kappa shape index (κ2) is 7.38. The van der Waals surface area contributed by atoms with Crippen LogP contribution in [0, 0.1) is 19.8 Å². The normalized spacial score (nSPS) is 14.7. The molecule has 1 saturated heterocycles. The Kier molecular flexibility index (Phi) is 5.03. The summed E-state index contributed by atoms with van der Waals surface area (Å²) in [6.45, 7) is 4.66. The average Bonchev–Trinajstić information content (AvgIpc) is 3.19. The number of anilines is 2. The maximum absolute atomic E-state index is 12.6. The Morgan fingerprint density at radius 1 is 1.24 bits per heavy atom. The van der Waals surface area contributed by atoms with Gasteiger partial charge in [-0.3, -0.25) is 4.79 Å². The predicted octanol–water partition coefficient (Wildman–Crippen LogP) is 4.37. The molecule has 0 aliphatic carbocycles. The first-order valence-electron chi connectivity index (χ1n) is 8.69. The minimum absolute atomic E-state index is 0.161. The van der Waals surface area contributed by atoms with E-state index < -0.39 is 11.7 Å². The van der Waals surface area contributed by atoms with Gasteiger partial charge in [0, 0.05) is 24.7 Å². The van der Waals surface area contributed by atoms with Crippen LogP contribution in [0.2, 0.25) is 0 Å². The molecule has 4 rings (SSSR count). The molecular formula is C18H16F3N5OS2. The number of nitrogens with zero attached hydrogens (tertiary/aromatic N) is 4. The van der Waals surface area contributed by atoms with Crippen LogP contribution < -0.4 is 10.2 Å². The molecule has 1 amide bonds. The third-order valence-corrected chi connectivity index (χ3v) is 6.38. The summed E-state index contributed by atoms with van der Waals surface area (Å²) in [5.74, 6) is -0.000258. The molecule has 0 atom stereocenters. The molecule has 3 aromatic heterocycles. The van der Waals surface area contributed by atoms with Crippen LogP contribution in [0.4, 0.5) is 24.1 Å². The number of hydrogen-bond donors (Lipinski definition) is 1. The average molecular weight is 439 g/mol. The van der Waals surface area contributed by atoms with Gasteiger partial charge in [0.25, 0.3) is 0 Å². The lowest BCUT2D eigenvalue weighted by Crippen LogP contribution is -2.52. The van der Waals surface area contributed by atoms with E-state index in [2.05, 4.69) is 20.3 Å². The molecule has 0 aromatic carbocycles. The summed E-state index contributed by atoms with van der Waals surface area (Å²) in [5.41, 5.74) is 0.911. The molecule has 0 spiro atoms. The lowest BCUT2D eigenvalue weighted by Gasteiger charge is -2.38. The maximum Gasteiger partial charge on any atom is 0.417 e. The summed E-state index contributed by atoms with van der Waals surface area (Å²) in [6.07, 6.45) is -3.60. The van der Waals surface area contributed by atoms with Crippen LogP contribution in [0.15, 0.2) is 23.7 Å². The van der Waals surface area contributed by atoms with Gasteiger partial charge in [-0.05, 0) is 26.0 Å². The van der Waals surface area contributed by atoms with Gasteiger partial charge >= 0.3 is 6.18 Å². The van der Waals surface area contributed by atoms with Gasteiger partial charge in [-0.2, -0.15) is 13.2 Å². The van der Waals surface area contributed by atoms with Gasteiger partial charge < -0.3 is 10.2 Å². The Bertz CT molecular complexity index is 1040. The topological polar surface area (TPSA) is 71.0 Å². The Balaban J connectivity index is 1.34. The standard InChI is InChI=1S/C18H16F3N5OS2/c1-9-15(29-10(2)23-9)13-8-28-17(24-13)25-16(27)11-6-26(7-11)14-4-3-12(5-22-14)18(19,20)21/h3-5,8,11H,6-7H2,1-2H3,(H,24,25,27). The summed E-state index contributed by atoms with van der Waals surface area (Å²) >= 11 is 2.91. The monoisotopic (exact) mass is 439 g/mol. The summed E-state index contributed by atoms with van der Waals surface area (Å²) in [5, 5.41) is 6.18. The van der Waals surface area contributed by atoms with Gasteiger partial charge in [0.05, 0.1) is 32.8 Å². The third kappa shape index (κ3) is 4.10. The number of alkyl halides is 3. The number of carbonyl (C=O) groups excluding carboxylic acids is 1. The first-order chi connectivity index (χ1) is 13.7. The molecule has 3 aromatic rings. The van der Waals surface area contributed by atoms with Crippen molar-refractivity contribution < 1.29 is 18.0 Å². The highest BCUT2D eigenvalue weighted by Gasteiger charge is 2.35. The van der Waals surface area contributed by atoms with Crippen molar-refractivity contribution in [3.8, 4) is 10.6 Å². The van der Waals surface area contributed by atoms with Crippen LogP contribution in [0.1, 0.15) is 16.3 Å². The predicted molar refractivity (Wildman–Crippen MR) is 106 cm³/mol. The Labute approximate surface area is 172 Å². The van der Waals surface area contributed by atoms with Crippen molar-refractivity contribution in [1.82, 2.24) is 15.0 Å². The molecule has 1 aliphatic rings. The zero-order valence-electron chi connectivity index (χ0n) is 15.4. The number of halogens is 3. The zero-order chi connectivity index (χ0) is 20.8. The van der Waals surface area contributed by atoms with E-state index in [9.17, 15) is 18.0 Å². The number of nitrogens with one attached hydrogen (secondary N) is 1. The molecule has 6 nitrogen and oxygen atoms in total. The summed E-state index contributed by atoms with van der Waals surface area (Å²) in [7, 11) is 0. The van der Waals surface area contributed by atoms with Crippen molar-refractivity contribution in [3.63, 3.8) is 0 Å². The molecule has 0 radical (unpaired) electrons. The number of hydrogen-bond acceptors (Lipinski definition) is 7. The molecule has 11 heteroatoms. The fourth-order valence-corrected chi connectivity index (χ4v) is 4.64. The van der Waals surface area contributed by atoms with Gasteiger partial charge in [0.2, 0.25) is 5.91 Å². The zero-order valence-corrected chi connectivity index (χ0v) is 17.1. The van der Waals surface area contributed by atoms with Crippen LogP contribution in [0.3, 0.4) is 0 Å². The minimum Gasteiger partial charge on any atom is -0.355 e. The Morgan fingerprint density at radius 3 is 2.59 bits per heavy atom. The highest BCUT2D eigenvalue weighted by atomic mass is 32.1. The lowest BCUT2D eigenvalue weighted by atomic mass is 9.99. The van der Waals surface area contributed by atoms with E-state index in [1.54, 1.807) is 16.2 Å². The smallest absolute Gasteiger partial charge is 0.355 e. The highest BCUT2D eigenvalue weighted by molar-refractivity contribution is 7.16. The maximum atomic E-state index is 12.6. The van der Waals surface area contributed by atoms with E-state index in [1.165, 1.54) is 17.4 Å². The fourth-order valence-electron chi connectivity index (χ4n) is 2.98. The van der Waals surface area contributed by atoms with Crippen molar-refractivity contribution in [1.29, 1.82) is 0 Å². The molecule has 4 heterocycles. The first-order valence-corrected chi connectivity index (χ1v) is 10.4. The van der Waals surface area contributed by atoms with E-state index >= 15 is 0 Å². The summed E-state index contributed by atoms with van der Waals surface area (Å²) in [6, 6.07) is 2.32.